The monoisotopic (exact) mass is 306 g/mol. The Bertz CT molecular complexity index is 541. The first-order valence-electron chi connectivity index (χ1n) is 8.08. The molecule has 6 heteroatoms. The van der Waals surface area contributed by atoms with Gasteiger partial charge >= 0.3 is 0 Å². The van der Waals surface area contributed by atoms with Crippen molar-refractivity contribution in [3.63, 3.8) is 0 Å². The van der Waals surface area contributed by atoms with E-state index in [4.69, 9.17) is 15.2 Å². The Morgan fingerprint density at radius 2 is 2.00 bits per heavy atom. The Hall–Kier alpha value is -1.40. The van der Waals surface area contributed by atoms with Crippen LogP contribution in [0.25, 0.3) is 0 Å². The van der Waals surface area contributed by atoms with Crippen molar-refractivity contribution >= 4 is 11.8 Å². The summed E-state index contributed by atoms with van der Waals surface area (Å²) in [5.74, 6) is 1.31. The molecule has 6 nitrogen and oxygen atoms in total. The molecule has 0 saturated carbocycles. The van der Waals surface area contributed by atoms with E-state index in [0.717, 1.165) is 62.5 Å². The number of aryl methyl sites for hydroxylation is 1. The summed E-state index contributed by atoms with van der Waals surface area (Å²) in [6, 6.07) is 0. The van der Waals surface area contributed by atoms with Crippen LogP contribution < -0.4 is 10.6 Å². The van der Waals surface area contributed by atoms with Crippen LogP contribution >= 0.6 is 0 Å². The number of aromatic nitrogens is 2. The normalized spacial score (nSPS) is 24.7. The highest BCUT2D eigenvalue weighted by Crippen LogP contribution is 2.38. The maximum Gasteiger partial charge on any atom is 0.222 e. The van der Waals surface area contributed by atoms with E-state index in [9.17, 15) is 0 Å². The van der Waals surface area contributed by atoms with E-state index in [1.165, 1.54) is 0 Å². The van der Waals surface area contributed by atoms with Crippen molar-refractivity contribution in [3.05, 3.63) is 11.3 Å². The van der Waals surface area contributed by atoms with Gasteiger partial charge in [0.1, 0.15) is 5.82 Å². The molecule has 1 spiro atoms. The highest BCUT2D eigenvalue weighted by Gasteiger charge is 2.45. The second-order valence-electron chi connectivity index (χ2n) is 6.38. The summed E-state index contributed by atoms with van der Waals surface area (Å²) in [4.78, 5) is 11.0. The lowest BCUT2D eigenvalue weighted by Crippen LogP contribution is -2.56. The topological polar surface area (TPSA) is 73.5 Å². The molecule has 0 aliphatic carbocycles. The van der Waals surface area contributed by atoms with Gasteiger partial charge in [-0.05, 0) is 39.5 Å². The Morgan fingerprint density at radius 3 is 2.68 bits per heavy atom. The average Bonchev–Trinajstić information content (AvgIpc) is 2.52. The summed E-state index contributed by atoms with van der Waals surface area (Å²) in [5.41, 5.74) is 7.76. The largest absolute Gasteiger partial charge is 0.378 e. The quantitative estimate of drug-likeness (QED) is 0.899. The molecule has 0 unspecified atom stereocenters. The van der Waals surface area contributed by atoms with E-state index in [1.807, 2.05) is 6.92 Å². The standard InChI is InChI=1S/C16H26N4O2/c1-11-12(2)18-15(17)19-14(11)20-8-6-16(7-9-20)13(21-3)5-4-10-22-16/h13H,4-10H2,1-3H3,(H2,17,18,19)/t13-/m1/s1. The predicted octanol–water partition coefficient (Wildman–Crippen LogP) is 1.84. The summed E-state index contributed by atoms with van der Waals surface area (Å²) in [6.45, 7) is 6.71. The SMILES string of the molecule is CO[C@@H]1CCCOC12CCN(c1nc(N)nc(C)c1C)CC2. The number of nitrogens with zero attached hydrogens (tertiary/aromatic N) is 3. The Labute approximate surface area is 132 Å². The Kier molecular flexibility index (Phi) is 4.23. The van der Waals surface area contributed by atoms with Gasteiger partial charge in [-0.25, -0.2) is 4.98 Å². The summed E-state index contributed by atoms with van der Waals surface area (Å²) in [5, 5.41) is 0. The van der Waals surface area contributed by atoms with Crippen LogP contribution in [-0.4, -0.2) is 48.5 Å². The van der Waals surface area contributed by atoms with Crippen molar-refractivity contribution in [2.75, 3.05) is 37.4 Å². The maximum atomic E-state index is 6.16. The minimum Gasteiger partial charge on any atom is -0.378 e. The summed E-state index contributed by atoms with van der Waals surface area (Å²) in [6.07, 6.45) is 4.32. The smallest absolute Gasteiger partial charge is 0.222 e. The lowest BCUT2D eigenvalue weighted by atomic mass is 9.82. The van der Waals surface area contributed by atoms with E-state index in [1.54, 1.807) is 7.11 Å². The molecule has 2 aliphatic rings. The Morgan fingerprint density at radius 1 is 1.27 bits per heavy atom. The van der Waals surface area contributed by atoms with Gasteiger partial charge in [0, 0.05) is 38.1 Å². The number of nitrogens with two attached hydrogens (primary N) is 1. The van der Waals surface area contributed by atoms with Crippen molar-refractivity contribution in [3.8, 4) is 0 Å². The van der Waals surface area contributed by atoms with Crippen LogP contribution in [0.1, 0.15) is 36.9 Å². The van der Waals surface area contributed by atoms with Crippen LogP contribution in [0.3, 0.4) is 0 Å². The molecule has 2 fully saturated rings. The van der Waals surface area contributed by atoms with Gasteiger partial charge in [-0.3, -0.25) is 0 Å². The molecule has 1 aromatic rings. The number of nitrogen functional groups attached to an aromatic ring is 1. The van der Waals surface area contributed by atoms with Crippen molar-refractivity contribution in [2.45, 2.75) is 51.2 Å². The van der Waals surface area contributed by atoms with Crippen molar-refractivity contribution in [1.29, 1.82) is 0 Å². The Balaban J connectivity index is 1.77. The number of hydrogen-bond donors (Lipinski definition) is 1. The predicted molar refractivity (Wildman–Crippen MR) is 86.1 cm³/mol. The first kappa shape index (κ1) is 15.5. The van der Waals surface area contributed by atoms with Crippen molar-refractivity contribution in [1.82, 2.24) is 9.97 Å². The van der Waals surface area contributed by atoms with Gasteiger partial charge < -0.3 is 20.1 Å². The van der Waals surface area contributed by atoms with Crippen molar-refractivity contribution < 1.29 is 9.47 Å². The third-order valence-electron chi connectivity index (χ3n) is 5.16. The molecular formula is C16H26N4O2. The number of anilines is 2. The molecule has 2 N–H and O–H groups in total. The maximum absolute atomic E-state index is 6.16. The molecule has 1 atom stereocenters. The first-order valence-corrected chi connectivity index (χ1v) is 8.08. The van der Waals surface area contributed by atoms with Crippen LogP contribution in [-0.2, 0) is 9.47 Å². The van der Waals surface area contributed by atoms with Gasteiger partial charge in [0.25, 0.3) is 0 Å². The second-order valence-corrected chi connectivity index (χ2v) is 6.38. The van der Waals surface area contributed by atoms with E-state index in [2.05, 4.69) is 21.8 Å². The molecule has 0 amide bonds. The zero-order valence-electron chi connectivity index (χ0n) is 13.8. The third-order valence-corrected chi connectivity index (χ3v) is 5.16. The molecule has 3 rings (SSSR count). The number of piperidine rings is 1. The summed E-state index contributed by atoms with van der Waals surface area (Å²) < 4.78 is 11.9. The molecule has 2 saturated heterocycles. The third kappa shape index (κ3) is 2.65. The van der Waals surface area contributed by atoms with Gasteiger partial charge in [-0.2, -0.15) is 4.98 Å². The average molecular weight is 306 g/mol. The van der Waals surface area contributed by atoms with E-state index < -0.39 is 0 Å². The van der Waals surface area contributed by atoms with Crippen LogP contribution in [0.2, 0.25) is 0 Å². The molecule has 22 heavy (non-hydrogen) atoms. The van der Waals surface area contributed by atoms with Crippen LogP contribution in [0.15, 0.2) is 0 Å². The number of methoxy groups -OCH3 is 1. The second kappa shape index (κ2) is 6.01. The van der Waals surface area contributed by atoms with Gasteiger partial charge in [-0.15, -0.1) is 0 Å². The molecule has 122 valence electrons. The zero-order chi connectivity index (χ0) is 15.7. The zero-order valence-corrected chi connectivity index (χ0v) is 13.8. The van der Waals surface area contributed by atoms with E-state index in [0.29, 0.717) is 5.95 Å². The van der Waals surface area contributed by atoms with Gasteiger partial charge in [0.2, 0.25) is 5.95 Å². The highest BCUT2D eigenvalue weighted by molar-refractivity contribution is 5.51. The fourth-order valence-electron chi connectivity index (χ4n) is 3.74. The van der Waals surface area contributed by atoms with E-state index in [-0.39, 0.29) is 11.7 Å². The number of hydrogen-bond acceptors (Lipinski definition) is 6. The molecule has 2 aliphatic heterocycles. The summed E-state index contributed by atoms with van der Waals surface area (Å²) >= 11 is 0. The van der Waals surface area contributed by atoms with E-state index >= 15 is 0 Å². The molecular weight excluding hydrogens is 280 g/mol. The molecule has 0 aromatic carbocycles. The number of ether oxygens (including phenoxy) is 2. The molecule has 3 heterocycles. The fraction of sp³-hybridized carbons (Fsp3) is 0.750. The lowest BCUT2D eigenvalue weighted by Gasteiger charge is -2.48. The molecule has 0 bridgehead atoms. The minimum absolute atomic E-state index is 0.120. The van der Waals surface area contributed by atoms with Crippen molar-refractivity contribution in [2.24, 2.45) is 0 Å². The minimum atomic E-state index is -0.120. The van der Waals surface area contributed by atoms with Crippen LogP contribution in [0, 0.1) is 13.8 Å². The number of rotatable bonds is 2. The molecule has 1 aromatic heterocycles. The fourth-order valence-corrected chi connectivity index (χ4v) is 3.74. The molecule has 0 radical (unpaired) electrons. The van der Waals surface area contributed by atoms with Gasteiger partial charge in [-0.1, -0.05) is 0 Å². The lowest BCUT2D eigenvalue weighted by molar-refractivity contribution is -0.175. The van der Waals surface area contributed by atoms with Gasteiger partial charge in [0.15, 0.2) is 0 Å². The highest BCUT2D eigenvalue weighted by atomic mass is 16.5. The van der Waals surface area contributed by atoms with Crippen LogP contribution in [0.5, 0.6) is 0 Å². The summed E-state index contributed by atoms with van der Waals surface area (Å²) in [7, 11) is 1.80. The van der Waals surface area contributed by atoms with Crippen LogP contribution in [0.4, 0.5) is 11.8 Å². The van der Waals surface area contributed by atoms with Gasteiger partial charge in [0.05, 0.1) is 11.7 Å². The first-order chi connectivity index (χ1) is 10.6.